The Bertz CT molecular complexity index is 3050. The van der Waals surface area contributed by atoms with Crippen molar-refractivity contribution in [3.63, 3.8) is 0 Å². The lowest BCUT2D eigenvalue weighted by molar-refractivity contribution is -0.150. The summed E-state index contributed by atoms with van der Waals surface area (Å²) in [6.45, 7) is 28.4. The van der Waals surface area contributed by atoms with Gasteiger partial charge in [0.15, 0.2) is 0 Å². The highest BCUT2D eigenvalue weighted by Crippen LogP contribution is 2.41. The van der Waals surface area contributed by atoms with Gasteiger partial charge in [-0.25, -0.2) is 0 Å². The first-order chi connectivity index (χ1) is 42.6. The van der Waals surface area contributed by atoms with Crippen LogP contribution in [0.25, 0.3) is 0 Å². The van der Waals surface area contributed by atoms with E-state index in [2.05, 4.69) is 304 Å². The van der Waals surface area contributed by atoms with Crippen molar-refractivity contribution in [1.82, 2.24) is 0 Å². The summed E-state index contributed by atoms with van der Waals surface area (Å²) in [5.41, 5.74) is 11.5. The Hall–Kier alpha value is -4.57. The second-order valence-electron chi connectivity index (χ2n) is 26.0. The monoisotopic (exact) mass is 1390 g/mol. The van der Waals surface area contributed by atoms with Gasteiger partial charge in [-0.05, 0) is 237 Å². The predicted octanol–water partition coefficient (Wildman–Crippen LogP) is 20.1. The second-order valence-corrected chi connectivity index (χ2v) is 28.8. The van der Waals surface area contributed by atoms with E-state index in [9.17, 15) is 0 Å². The van der Waals surface area contributed by atoms with Crippen LogP contribution in [0.1, 0.15) is 151 Å². The fraction of sp³-hybridized carbons (Fsp3) is 0.440. The quantitative estimate of drug-likeness (QED) is 0.0389. The van der Waals surface area contributed by atoms with Crippen molar-refractivity contribution in [1.29, 1.82) is 0 Å². The molecule has 3 saturated heterocycles. The van der Waals surface area contributed by atoms with Crippen molar-refractivity contribution in [2.75, 3.05) is 42.8 Å². The van der Waals surface area contributed by atoms with Crippen LogP contribution in [0.3, 0.4) is 0 Å². The van der Waals surface area contributed by atoms with Gasteiger partial charge in [0.05, 0.1) is 48.8 Å². The molecular weight excluding hydrogens is 1300 g/mol. The molecule has 14 heteroatoms. The Morgan fingerprint density at radius 3 is 1.00 bits per heavy atom. The lowest BCUT2D eigenvalue weighted by Crippen LogP contribution is -2.45. The summed E-state index contributed by atoms with van der Waals surface area (Å²) in [6.07, 6.45) is 13.0. The van der Waals surface area contributed by atoms with Crippen LogP contribution in [0, 0.1) is 5.41 Å². The maximum atomic E-state index is 6.30. The zero-order chi connectivity index (χ0) is 63.7. The lowest BCUT2D eigenvalue weighted by atomic mass is 9.79. The van der Waals surface area contributed by atoms with Gasteiger partial charge in [0.2, 0.25) is 0 Å². The van der Waals surface area contributed by atoms with E-state index in [1.165, 1.54) is 60.9 Å². The first kappa shape index (κ1) is 70.3. The zero-order valence-corrected chi connectivity index (χ0v) is 59.5. The highest BCUT2D eigenvalue weighted by Gasteiger charge is 2.53. The van der Waals surface area contributed by atoms with Crippen molar-refractivity contribution in [3.05, 3.63) is 200 Å². The topological polar surface area (TPSA) is 71.1 Å². The Morgan fingerprint density at radius 1 is 0.382 bits per heavy atom. The number of hydrogen-bond acceptors (Lipinski definition) is 9. The summed E-state index contributed by atoms with van der Waals surface area (Å²) in [4.78, 5) is 4.56. The maximum absolute atomic E-state index is 6.30. The van der Waals surface area contributed by atoms with Crippen LogP contribution < -0.4 is 20.7 Å². The van der Waals surface area contributed by atoms with Gasteiger partial charge in [0, 0.05) is 66.2 Å². The normalized spacial score (nSPS) is 16.6. The van der Waals surface area contributed by atoms with Gasteiger partial charge >= 0.3 is 14.2 Å². The van der Waals surface area contributed by atoms with Crippen molar-refractivity contribution in [3.8, 4) is 0 Å². The fourth-order valence-corrected chi connectivity index (χ4v) is 11.4. The number of unbranched alkanes of at least 4 members (excludes halogenated alkanes) is 5. The molecule has 0 unspecified atom stereocenters. The summed E-state index contributed by atoms with van der Waals surface area (Å²) in [5, 5.41) is 0. The summed E-state index contributed by atoms with van der Waals surface area (Å²) >= 11 is 10.5. The van der Waals surface area contributed by atoms with Gasteiger partial charge in [0.1, 0.15) is 0 Å². The molecule has 9 nitrogen and oxygen atoms in total. The number of anilines is 6. The van der Waals surface area contributed by atoms with Crippen molar-refractivity contribution in [2.24, 2.45) is 5.41 Å². The maximum Gasteiger partial charge on any atom is 0.494 e. The molecule has 89 heavy (non-hydrogen) atoms. The molecule has 3 aliphatic heterocycles. The van der Waals surface area contributed by atoms with E-state index >= 15 is 0 Å². The summed E-state index contributed by atoms with van der Waals surface area (Å²) < 4.78 is 45.3. The minimum Gasteiger partial charge on any atom is -0.399 e. The number of ether oxygens (including phenoxy) is 3. The predicted molar refractivity (Wildman–Crippen MR) is 383 cm³/mol. The Labute approximate surface area is 560 Å². The van der Waals surface area contributed by atoms with Crippen LogP contribution in [-0.2, 0) is 52.3 Å². The average Bonchev–Trinajstić information content (AvgIpc) is 1.79. The fourth-order valence-electron chi connectivity index (χ4n) is 10.6. The molecule has 0 spiro atoms. The molecule has 7 aromatic rings. The molecule has 0 saturated carbocycles. The summed E-state index contributed by atoms with van der Waals surface area (Å²) in [6, 6.07) is 60.0. The van der Waals surface area contributed by atoms with Crippen LogP contribution in [0.5, 0.6) is 0 Å². The van der Waals surface area contributed by atoms with E-state index in [0.717, 1.165) is 118 Å². The Kier molecular flexibility index (Phi) is 25.9. The van der Waals surface area contributed by atoms with Gasteiger partial charge in [-0.1, -0.05) is 155 Å². The molecule has 0 bridgehead atoms. The van der Waals surface area contributed by atoms with Crippen LogP contribution >= 0.6 is 47.8 Å². The summed E-state index contributed by atoms with van der Waals surface area (Å²) in [5.74, 6) is 0. The number of rotatable bonds is 26. The Morgan fingerprint density at radius 2 is 0.685 bits per heavy atom. The molecule has 474 valence electrons. The highest BCUT2D eigenvalue weighted by atomic mass is 79.9. The molecular formula is C75H95B2Br3N2O7. The average molecular weight is 1400 g/mol. The molecule has 3 heterocycles. The van der Waals surface area contributed by atoms with E-state index in [-0.39, 0.29) is 36.6 Å². The third-order valence-electron chi connectivity index (χ3n) is 18.0. The van der Waals surface area contributed by atoms with Crippen molar-refractivity contribution < 1.29 is 32.8 Å². The molecule has 0 N–H and O–H groups in total. The third-order valence-corrected chi connectivity index (χ3v) is 19.6. The number of hydrogen-bond donors (Lipinski definition) is 0. The van der Waals surface area contributed by atoms with Gasteiger partial charge in [-0.2, -0.15) is 0 Å². The van der Waals surface area contributed by atoms with Crippen molar-refractivity contribution >= 4 is 107 Å². The molecule has 0 aliphatic carbocycles. The minimum atomic E-state index is -0.389. The van der Waals surface area contributed by atoms with Gasteiger partial charge < -0.3 is 42.6 Å². The van der Waals surface area contributed by atoms with E-state index in [0.29, 0.717) is 12.0 Å². The number of halogens is 3. The SMILES string of the molecule is CCC1(COCCCCCCOCc2ccc(Br)cc2)COC1.CCCCc1ccc(N(c2ccc(B3OC(C)(C)C(C)(C)O3)cc2)c2ccc(B3OC(C)(C)C(C)(C)O3)cc2)cc1.CCCCc1ccc(N(c2ccc(Br)cc2)c2ccc(Br)cc2)cc1. The molecule has 7 aromatic carbocycles. The zero-order valence-electron chi connectivity index (χ0n) is 54.7. The molecule has 0 radical (unpaired) electrons. The first-order valence-corrected chi connectivity index (χ1v) is 34.7. The van der Waals surface area contributed by atoms with Gasteiger partial charge in [-0.15, -0.1) is 0 Å². The number of nitrogens with zero attached hydrogens (tertiary/aromatic N) is 2. The minimum absolute atomic E-state index is 0.320. The van der Waals surface area contributed by atoms with Crippen LogP contribution in [-0.4, -0.2) is 69.7 Å². The second kappa shape index (κ2) is 32.8. The van der Waals surface area contributed by atoms with Crippen LogP contribution in [0.15, 0.2) is 183 Å². The number of aryl methyl sites for hydroxylation is 2. The molecule has 3 fully saturated rings. The van der Waals surface area contributed by atoms with Crippen molar-refractivity contribution in [2.45, 2.75) is 176 Å². The van der Waals surface area contributed by atoms with E-state index in [4.69, 9.17) is 32.8 Å². The molecule has 0 atom stereocenters. The molecule has 0 amide bonds. The van der Waals surface area contributed by atoms with Gasteiger partial charge in [-0.3, -0.25) is 0 Å². The van der Waals surface area contributed by atoms with Crippen LogP contribution in [0.2, 0.25) is 0 Å². The van der Waals surface area contributed by atoms with E-state index < -0.39 is 0 Å². The molecule has 0 aromatic heterocycles. The Balaban J connectivity index is 0.000000184. The van der Waals surface area contributed by atoms with Crippen LogP contribution in [0.4, 0.5) is 34.1 Å². The highest BCUT2D eigenvalue weighted by molar-refractivity contribution is 9.11. The summed E-state index contributed by atoms with van der Waals surface area (Å²) in [7, 11) is -0.779. The van der Waals surface area contributed by atoms with E-state index in [1.807, 2.05) is 0 Å². The smallest absolute Gasteiger partial charge is 0.399 e. The van der Waals surface area contributed by atoms with E-state index in [1.54, 1.807) is 0 Å². The standard InChI is InChI=1S/C34H45B2NO4.C22H21Br2N.C19H29BrO3/c1-10-11-12-25-13-19-28(20-14-25)37(29-21-15-26(16-22-29)35-38-31(2,3)32(4,5)39-35)30-23-17-27(18-24-30)36-40-33(6,7)34(8,9)41-36;1-2-3-4-17-5-11-20(12-6-17)25(21-13-7-18(23)8-14-21)22-15-9-19(24)10-16-22;1-2-19(15-23-16-19)14-22-12-6-4-3-5-11-21-13-17-7-9-18(20)10-8-17/h13-24H,10-12H2,1-9H3;5-16H,2-4H2,1H3;7-10H,2-6,11-16H2,1H3. The number of benzene rings is 7. The van der Waals surface area contributed by atoms with Gasteiger partial charge in [0.25, 0.3) is 0 Å². The lowest BCUT2D eigenvalue weighted by Gasteiger charge is -2.40. The molecule has 10 rings (SSSR count). The molecule has 3 aliphatic rings. The first-order valence-electron chi connectivity index (χ1n) is 32.3. The largest absolute Gasteiger partial charge is 0.494 e. The third kappa shape index (κ3) is 19.5.